The van der Waals surface area contributed by atoms with E-state index in [2.05, 4.69) is 21.4 Å². The molecule has 3 rings (SSSR count). The van der Waals surface area contributed by atoms with E-state index in [1.54, 1.807) is 12.1 Å². The second kappa shape index (κ2) is 6.12. The number of hydrogen-bond acceptors (Lipinski definition) is 3. The van der Waals surface area contributed by atoms with Crippen molar-refractivity contribution in [2.24, 2.45) is 0 Å². The Morgan fingerprint density at radius 1 is 1.35 bits per heavy atom. The molecule has 2 aromatic heterocycles. The van der Waals surface area contributed by atoms with Gasteiger partial charge in [-0.25, -0.2) is 4.98 Å². The number of carbonyl (C=O) groups is 1. The fraction of sp³-hybridized carbons (Fsp3) is 0.222. The minimum atomic E-state index is -0.253. The molecule has 23 heavy (non-hydrogen) atoms. The minimum Gasteiger partial charge on any atom is -0.459 e. The Hall–Kier alpha value is -2.82. The van der Waals surface area contributed by atoms with Crippen LogP contribution in [-0.2, 0) is 6.54 Å². The summed E-state index contributed by atoms with van der Waals surface area (Å²) in [7, 11) is 0. The van der Waals surface area contributed by atoms with E-state index < -0.39 is 0 Å². The lowest BCUT2D eigenvalue weighted by Crippen LogP contribution is -2.28. The third-order valence-corrected chi connectivity index (χ3v) is 3.59. The molecule has 1 atom stereocenters. The molecule has 1 aromatic carbocycles. The Morgan fingerprint density at radius 3 is 2.83 bits per heavy atom. The van der Waals surface area contributed by atoms with E-state index in [9.17, 15) is 4.79 Å². The van der Waals surface area contributed by atoms with Crippen LogP contribution in [0.3, 0.4) is 0 Å². The van der Waals surface area contributed by atoms with E-state index >= 15 is 0 Å². The van der Waals surface area contributed by atoms with Crippen LogP contribution in [0, 0.1) is 0 Å². The number of nitrogens with zero attached hydrogens (tertiary/aromatic N) is 2. The van der Waals surface area contributed by atoms with E-state index in [0.717, 1.165) is 22.4 Å². The smallest absolute Gasteiger partial charge is 0.287 e. The Morgan fingerprint density at radius 2 is 2.13 bits per heavy atom. The molecule has 3 aromatic rings. The first kappa shape index (κ1) is 15.1. The summed E-state index contributed by atoms with van der Waals surface area (Å²) >= 11 is 0. The van der Waals surface area contributed by atoms with Gasteiger partial charge < -0.3 is 14.3 Å². The predicted octanol–water partition coefficient (Wildman–Crippen LogP) is 3.70. The van der Waals surface area contributed by atoms with Crippen molar-refractivity contribution in [1.82, 2.24) is 14.9 Å². The molecule has 2 heterocycles. The Kier molecular flexibility index (Phi) is 4.02. The SMILES string of the molecule is C=C(C)Cn1c([C@@H](C)NC(=O)c2ccco2)nc2ccccc21. The zero-order valence-corrected chi connectivity index (χ0v) is 13.2. The molecular weight excluding hydrogens is 290 g/mol. The van der Waals surface area contributed by atoms with Gasteiger partial charge in [0.15, 0.2) is 5.76 Å². The Bertz CT molecular complexity index is 846. The van der Waals surface area contributed by atoms with Gasteiger partial charge in [-0.1, -0.05) is 24.3 Å². The minimum absolute atomic E-state index is 0.251. The molecule has 0 bridgehead atoms. The van der Waals surface area contributed by atoms with Gasteiger partial charge in [0.05, 0.1) is 23.3 Å². The molecule has 0 aliphatic heterocycles. The summed E-state index contributed by atoms with van der Waals surface area (Å²) in [4.78, 5) is 16.9. The van der Waals surface area contributed by atoms with Crippen LogP contribution in [0.5, 0.6) is 0 Å². The Labute approximate surface area is 134 Å². The molecule has 0 fully saturated rings. The van der Waals surface area contributed by atoms with Crippen LogP contribution in [0.25, 0.3) is 11.0 Å². The highest BCUT2D eigenvalue weighted by molar-refractivity contribution is 5.91. The van der Waals surface area contributed by atoms with Crippen molar-refractivity contribution in [3.8, 4) is 0 Å². The number of hydrogen-bond donors (Lipinski definition) is 1. The summed E-state index contributed by atoms with van der Waals surface area (Å²) in [6.45, 7) is 8.54. The first-order valence-electron chi connectivity index (χ1n) is 7.50. The number of benzene rings is 1. The number of furan rings is 1. The largest absolute Gasteiger partial charge is 0.459 e. The highest BCUT2D eigenvalue weighted by atomic mass is 16.3. The van der Waals surface area contributed by atoms with E-state index in [-0.39, 0.29) is 11.9 Å². The average Bonchev–Trinajstić information content (AvgIpc) is 3.15. The van der Waals surface area contributed by atoms with Gasteiger partial charge >= 0.3 is 0 Å². The summed E-state index contributed by atoms with van der Waals surface area (Å²) in [6, 6.07) is 11.0. The number of carbonyl (C=O) groups excluding carboxylic acids is 1. The van der Waals surface area contributed by atoms with Crippen molar-refractivity contribution in [2.45, 2.75) is 26.4 Å². The zero-order chi connectivity index (χ0) is 16.4. The van der Waals surface area contributed by atoms with Crippen molar-refractivity contribution in [2.75, 3.05) is 0 Å². The van der Waals surface area contributed by atoms with Gasteiger partial charge in [0, 0.05) is 6.54 Å². The maximum absolute atomic E-state index is 12.2. The van der Waals surface area contributed by atoms with Crippen molar-refractivity contribution in [3.63, 3.8) is 0 Å². The summed E-state index contributed by atoms with van der Waals surface area (Å²) in [5, 5.41) is 2.93. The summed E-state index contributed by atoms with van der Waals surface area (Å²) < 4.78 is 7.22. The number of nitrogens with one attached hydrogen (secondary N) is 1. The topological polar surface area (TPSA) is 60.1 Å². The van der Waals surface area contributed by atoms with Gasteiger partial charge in [-0.2, -0.15) is 0 Å². The van der Waals surface area contributed by atoms with E-state index in [1.165, 1.54) is 6.26 Å². The van der Waals surface area contributed by atoms with Gasteiger partial charge in [0.1, 0.15) is 5.82 Å². The molecule has 0 saturated heterocycles. The number of allylic oxidation sites excluding steroid dienone is 1. The molecular formula is C18H19N3O2. The van der Waals surface area contributed by atoms with Crippen molar-refractivity contribution < 1.29 is 9.21 Å². The molecule has 0 unspecified atom stereocenters. The molecule has 118 valence electrons. The third kappa shape index (κ3) is 3.04. The number of imidazole rings is 1. The second-order valence-electron chi connectivity index (χ2n) is 5.67. The van der Waals surface area contributed by atoms with Crippen LogP contribution in [0.15, 0.2) is 59.2 Å². The van der Waals surface area contributed by atoms with Gasteiger partial charge in [-0.3, -0.25) is 4.79 Å². The molecule has 0 spiro atoms. The average molecular weight is 309 g/mol. The van der Waals surface area contributed by atoms with Crippen LogP contribution < -0.4 is 5.32 Å². The van der Waals surface area contributed by atoms with Gasteiger partial charge in [0.25, 0.3) is 5.91 Å². The van der Waals surface area contributed by atoms with Crippen LogP contribution in [0.2, 0.25) is 0 Å². The number of para-hydroxylation sites is 2. The predicted molar refractivity (Wildman–Crippen MR) is 89.1 cm³/mol. The number of rotatable bonds is 5. The number of fused-ring (bicyclic) bond motifs is 1. The first-order valence-corrected chi connectivity index (χ1v) is 7.50. The van der Waals surface area contributed by atoms with Gasteiger partial charge in [-0.05, 0) is 38.1 Å². The standard InChI is InChI=1S/C18H19N3O2/c1-12(2)11-21-15-8-5-4-7-14(15)20-17(21)13(3)19-18(22)16-9-6-10-23-16/h4-10,13H,1,11H2,2-3H3,(H,19,22)/t13-/m1/s1. The summed E-state index contributed by atoms with van der Waals surface area (Å²) in [5.74, 6) is 0.838. The normalized spacial score (nSPS) is 12.3. The van der Waals surface area contributed by atoms with Crippen LogP contribution in [0.1, 0.15) is 36.3 Å². The van der Waals surface area contributed by atoms with E-state index in [0.29, 0.717) is 12.3 Å². The fourth-order valence-electron chi connectivity index (χ4n) is 2.60. The van der Waals surface area contributed by atoms with E-state index in [4.69, 9.17) is 4.42 Å². The monoisotopic (exact) mass is 309 g/mol. The lowest BCUT2D eigenvalue weighted by molar-refractivity contribution is 0.0909. The molecule has 1 N–H and O–H groups in total. The fourth-order valence-corrected chi connectivity index (χ4v) is 2.60. The lowest BCUT2D eigenvalue weighted by atomic mass is 10.2. The lowest BCUT2D eigenvalue weighted by Gasteiger charge is -2.15. The van der Waals surface area contributed by atoms with Crippen molar-refractivity contribution >= 4 is 16.9 Å². The number of amides is 1. The maximum Gasteiger partial charge on any atom is 0.287 e. The first-order chi connectivity index (χ1) is 11.1. The number of aromatic nitrogens is 2. The molecule has 0 radical (unpaired) electrons. The Balaban J connectivity index is 1.94. The molecule has 1 amide bonds. The maximum atomic E-state index is 12.2. The van der Waals surface area contributed by atoms with Crippen LogP contribution >= 0.6 is 0 Å². The second-order valence-corrected chi connectivity index (χ2v) is 5.67. The highest BCUT2D eigenvalue weighted by Gasteiger charge is 2.19. The molecule has 5 nitrogen and oxygen atoms in total. The van der Waals surface area contributed by atoms with Crippen LogP contribution in [0.4, 0.5) is 0 Å². The zero-order valence-electron chi connectivity index (χ0n) is 13.2. The molecule has 0 saturated carbocycles. The van der Waals surface area contributed by atoms with Gasteiger partial charge in [-0.15, -0.1) is 0 Å². The molecule has 5 heteroatoms. The van der Waals surface area contributed by atoms with Crippen molar-refractivity contribution in [3.05, 3.63) is 66.4 Å². The van der Waals surface area contributed by atoms with E-state index in [1.807, 2.05) is 38.1 Å². The molecule has 0 aliphatic carbocycles. The third-order valence-electron chi connectivity index (χ3n) is 3.59. The molecule has 0 aliphatic rings. The summed E-state index contributed by atoms with van der Waals surface area (Å²) in [6.07, 6.45) is 1.48. The summed E-state index contributed by atoms with van der Waals surface area (Å²) in [5.41, 5.74) is 2.96. The van der Waals surface area contributed by atoms with Crippen molar-refractivity contribution in [1.29, 1.82) is 0 Å². The van der Waals surface area contributed by atoms with Crippen LogP contribution in [-0.4, -0.2) is 15.5 Å². The van der Waals surface area contributed by atoms with Gasteiger partial charge in [0.2, 0.25) is 0 Å². The quantitative estimate of drug-likeness (QED) is 0.731. The highest BCUT2D eigenvalue weighted by Crippen LogP contribution is 2.22.